The minimum Gasteiger partial charge on any atom is -0.371 e. The summed E-state index contributed by atoms with van der Waals surface area (Å²) in [7, 11) is -3.91. The number of hydrogen-bond acceptors (Lipinski definition) is 5. The predicted octanol–water partition coefficient (Wildman–Crippen LogP) is 5.86. The molecule has 1 aliphatic carbocycles. The first-order valence-electron chi connectivity index (χ1n) is 12.8. The van der Waals surface area contributed by atoms with Crippen LogP contribution in [0.25, 0.3) is 6.08 Å². The fraction of sp³-hybridized carbons (Fsp3) is 0.226. The SMILES string of the molecule is O=C(C1=C(N2CCCCC2)/C(=C\c2ccccc2)CC1)c1ccc2c(c1)S(=O)(=O)c1ccccc1C2=O. The van der Waals surface area contributed by atoms with E-state index in [-0.39, 0.29) is 32.5 Å². The number of hydrogen-bond donors (Lipinski definition) is 0. The lowest BCUT2D eigenvalue weighted by Gasteiger charge is -2.31. The van der Waals surface area contributed by atoms with Crippen LogP contribution < -0.4 is 0 Å². The van der Waals surface area contributed by atoms with Crippen LogP contribution in [0.5, 0.6) is 0 Å². The maximum absolute atomic E-state index is 13.9. The van der Waals surface area contributed by atoms with Crippen molar-refractivity contribution < 1.29 is 18.0 Å². The Balaban J connectivity index is 1.44. The molecular weight excluding hydrogens is 482 g/mol. The first-order chi connectivity index (χ1) is 17.9. The number of carbonyl (C=O) groups excluding carboxylic acids is 2. The fourth-order valence-electron chi connectivity index (χ4n) is 5.71. The number of allylic oxidation sites excluding steroid dienone is 2. The van der Waals surface area contributed by atoms with Crippen molar-refractivity contribution in [2.24, 2.45) is 0 Å². The number of Topliss-reactive ketones (excluding diaryl/α,β-unsaturated/α-hetero) is 1. The molecule has 2 aliphatic heterocycles. The predicted molar refractivity (Wildman–Crippen MR) is 142 cm³/mol. The first kappa shape index (κ1) is 23.6. The number of fused-ring (bicyclic) bond motifs is 2. The van der Waals surface area contributed by atoms with Gasteiger partial charge in [0.25, 0.3) is 0 Å². The van der Waals surface area contributed by atoms with Gasteiger partial charge in [-0.05, 0) is 73.6 Å². The van der Waals surface area contributed by atoms with Crippen LogP contribution in [-0.2, 0) is 9.84 Å². The summed E-state index contributed by atoms with van der Waals surface area (Å²) in [5, 5.41) is 0. The molecular formula is C31H27NO4S. The maximum Gasteiger partial charge on any atom is 0.208 e. The van der Waals surface area contributed by atoms with Crippen LogP contribution in [0.4, 0.5) is 0 Å². The van der Waals surface area contributed by atoms with Crippen molar-refractivity contribution in [3.05, 3.63) is 112 Å². The highest BCUT2D eigenvalue weighted by molar-refractivity contribution is 7.91. The number of carbonyl (C=O) groups is 2. The van der Waals surface area contributed by atoms with Gasteiger partial charge in [-0.2, -0.15) is 0 Å². The Kier molecular flexibility index (Phi) is 5.92. The molecule has 0 atom stereocenters. The van der Waals surface area contributed by atoms with Gasteiger partial charge in [0.1, 0.15) is 0 Å². The van der Waals surface area contributed by atoms with Gasteiger partial charge < -0.3 is 4.90 Å². The molecule has 6 rings (SSSR count). The highest BCUT2D eigenvalue weighted by atomic mass is 32.2. The molecule has 186 valence electrons. The summed E-state index contributed by atoms with van der Waals surface area (Å²) in [5.74, 6) is -0.497. The zero-order valence-corrected chi connectivity index (χ0v) is 21.3. The van der Waals surface area contributed by atoms with Crippen LogP contribution in [0.2, 0.25) is 0 Å². The minimum atomic E-state index is -3.91. The number of ketones is 2. The molecule has 0 saturated carbocycles. The Labute approximate surface area is 217 Å². The molecule has 5 nitrogen and oxygen atoms in total. The third-order valence-corrected chi connectivity index (χ3v) is 9.37. The molecule has 0 bridgehead atoms. The number of piperidine rings is 1. The lowest BCUT2D eigenvalue weighted by molar-refractivity contribution is 0.101. The van der Waals surface area contributed by atoms with Crippen LogP contribution in [0.1, 0.15) is 63.9 Å². The number of rotatable bonds is 4. The van der Waals surface area contributed by atoms with E-state index in [1.807, 2.05) is 18.2 Å². The lowest BCUT2D eigenvalue weighted by atomic mass is 9.96. The van der Waals surface area contributed by atoms with Crippen molar-refractivity contribution in [2.45, 2.75) is 41.9 Å². The van der Waals surface area contributed by atoms with Crippen LogP contribution in [0, 0.1) is 0 Å². The molecule has 0 N–H and O–H groups in total. The van der Waals surface area contributed by atoms with Crippen LogP contribution in [0.15, 0.2) is 99.4 Å². The van der Waals surface area contributed by atoms with E-state index in [4.69, 9.17) is 0 Å². The van der Waals surface area contributed by atoms with Crippen molar-refractivity contribution in [1.82, 2.24) is 4.90 Å². The molecule has 1 saturated heterocycles. The smallest absolute Gasteiger partial charge is 0.208 e. The third kappa shape index (κ3) is 4.05. The van der Waals surface area contributed by atoms with Crippen LogP contribution >= 0.6 is 0 Å². The Morgan fingerprint density at radius 2 is 1.49 bits per heavy atom. The molecule has 0 spiro atoms. The summed E-state index contributed by atoms with van der Waals surface area (Å²) in [6, 6.07) is 20.9. The highest BCUT2D eigenvalue weighted by Gasteiger charge is 2.36. The van der Waals surface area contributed by atoms with E-state index >= 15 is 0 Å². The number of nitrogens with zero attached hydrogens (tertiary/aromatic N) is 1. The first-order valence-corrected chi connectivity index (χ1v) is 14.2. The van der Waals surface area contributed by atoms with Gasteiger partial charge in [0.2, 0.25) is 9.84 Å². The average molecular weight is 510 g/mol. The van der Waals surface area contributed by atoms with Crippen LogP contribution in [-0.4, -0.2) is 38.0 Å². The molecule has 0 aromatic heterocycles. The normalized spacial score (nSPS) is 19.6. The molecule has 0 radical (unpaired) electrons. The van der Waals surface area contributed by atoms with Gasteiger partial charge in [-0.1, -0.05) is 48.5 Å². The second kappa shape index (κ2) is 9.27. The molecule has 6 heteroatoms. The highest BCUT2D eigenvalue weighted by Crippen LogP contribution is 2.40. The summed E-state index contributed by atoms with van der Waals surface area (Å²) in [6.45, 7) is 1.81. The van der Waals surface area contributed by atoms with Gasteiger partial charge in [-0.15, -0.1) is 0 Å². The molecule has 1 fully saturated rings. The molecule has 0 amide bonds. The van der Waals surface area contributed by atoms with Gasteiger partial charge in [-0.3, -0.25) is 9.59 Å². The van der Waals surface area contributed by atoms with Crippen molar-refractivity contribution in [2.75, 3.05) is 13.1 Å². The largest absolute Gasteiger partial charge is 0.371 e. The standard InChI is InChI=1S/C31H27NO4S/c33-30(23-14-15-25-28(20-23)37(35,36)27-12-6-5-11-24(27)31(25)34)26-16-13-22(19-21-9-3-1-4-10-21)29(26)32-17-7-2-8-18-32/h1,3-6,9-12,14-15,19-20H,2,7-8,13,16-18H2/b22-19-. The quantitative estimate of drug-likeness (QED) is 0.322. The molecule has 3 aromatic carbocycles. The van der Waals surface area contributed by atoms with E-state index in [2.05, 4.69) is 23.1 Å². The van der Waals surface area contributed by atoms with Crippen molar-refractivity contribution in [1.29, 1.82) is 0 Å². The zero-order valence-electron chi connectivity index (χ0n) is 20.4. The monoisotopic (exact) mass is 509 g/mol. The van der Waals surface area contributed by atoms with Gasteiger partial charge in [0, 0.05) is 41.1 Å². The topological polar surface area (TPSA) is 71.5 Å². The summed E-state index contributed by atoms with van der Waals surface area (Å²) >= 11 is 0. The van der Waals surface area contributed by atoms with Crippen molar-refractivity contribution >= 4 is 27.5 Å². The summed E-state index contributed by atoms with van der Waals surface area (Å²) in [6.07, 6.45) is 6.89. The Morgan fingerprint density at radius 1 is 0.784 bits per heavy atom. The minimum absolute atomic E-state index is 0.000678. The molecule has 0 unspecified atom stereocenters. The zero-order chi connectivity index (χ0) is 25.6. The van der Waals surface area contributed by atoms with Gasteiger partial charge in [0.15, 0.2) is 11.6 Å². The van der Waals surface area contributed by atoms with E-state index in [9.17, 15) is 18.0 Å². The summed E-state index contributed by atoms with van der Waals surface area (Å²) in [5.41, 5.74) is 4.57. The molecule has 2 heterocycles. The lowest BCUT2D eigenvalue weighted by Crippen LogP contribution is -2.30. The number of benzene rings is 3. The average Bonchev–Trinajstić information content (AvgIpc) is 3.35. The Morgan fingerprint density at radius 3 is 2.27 bits per heavy atom. The van der Waals surface area contributed by atoms with E-state index < -0.39 is 9.84 Å². The second-order valence-electron chi connectivity index (χ2n) is 9.82. The number of sulfone groups is 1. The number of likely N-dealkylation sites (tertiary alicyclic amines) is 1. The van der Waals surface area contributed by atoms with E-state index in [1.165, 1.54) is 30.7 Å². The second-order valence-corrected chi connectivity index (χ2v) is 11.7. The molecule has 37 heavy (non-hydrogen) atoms. The maximum atomic E-state index is 13.9. The molecule has 3 aromatic rings. The Hall–Kier alpha value is -3.77. The van der Waals surface area contributed by atoms with Crippen molar-refractivity contribution in [3.8, 4) is 0 Å². The van der Waals surface area contributed by atoms with E-state index in [0.717, 1.165) is 54.8 Å². The molecule has 3 aliphatic rings. The van der Waals surface area contributed by atoms with Crippen molar-refractivity contribution in [3.63, 3.8) is 0 Å². The summed E-state index contributed by atoms with van der Waals surface area (Å²) in [4.78, 5) is 29.2. The van der Waals surface area contributed by atoms with Gasteiger partial charge >= 0.3 is 0 Å². The Bertz CT molecular complexity index is 1590. The van der Waals surface area contributed by atoms with Crippen LogP contribution in [0.3, 0.4) is 0 Å². The third-order valence-electron chi connectivity index (χ3n) is 7.52. The fourth-order valence-corrected chi connectivity index (χ4v) is 7.39. The van der Waals surface area contributed by atoms with E-state index in [1.54, 1.807) is 18.2 Å². The van der Waals surface area contributed by atoms with E-state index in [0.29, 0.717) is 12.0 Å². The van der Waals surface area contributed by atoms with Gasteiger partial charge in [-0.25, -0.2) is 8.42 Å². The summed E-state index contributed by atoms with van der Waals surface area (Å²) < 4.78 is 26.8. The van der Waals surface area contributed by atoms with Gasteiger partial charge in [0.05, 0.1) is 9.79 Å².